The molecule has 0 radical (unpaired) electrons. The molecule has 6 N–H and O–H groups in total. The number of carbonyl (C=O) groups is 2. The number of hydrogen-bond donors (Lipinski definition) is 4. The summed E-state index contributed by atoms with van der Waals surface area (Å²) in [6.45, 7) is 13.4. The molecule has 0 atom stereocenters. The molecule has 0 aromatic heterocycles. The molecule has 0 unspecified atom stereocenters. The van der Waals surface area contributed by atoms with Gasteiger partial charge in [0.15, 0.2) is 11.5 Å². The lowest BCUT2D eigenvalue weighted by Crippen LogP contribution is -2.32. The monoisotopic (exact) mass is 993 g/mol. The molecule has 4 aromatic rings. The van der Waals surface area contributed by atoms with Crippen LogP contribution in [-0.4, -0.2) is 112 Å². The minimum Gasteiger partial charge on any atom is -0.454 e. The Morgan fingerprint density at radius 1 is 0.536 bits per heavy atom. The Balaban J connectivity index is 1.51. The summed E-state index contributed by atoms with van der Waals surface area (Å²) in [4.78, 5) is 34.8. The fourth-order valence-corrected chi connectivity index (χ4v) is 8.95. The Morgan fingerprint density at radius 3 is 1.36 bits per heavy atom. The number of para-hydroxylation sites is 1. The largest absolute Gasteiger partial charge is 0.454 e. The van der Waals surface area contributed by atoms with E-state index < -0.39 is 31.9 Å². The lowest BCUT2D eigenvalue weighted by atomic mass is 10.1. The maximum Gasteiger partial charge on any atom is 0.251 e. The topological polar surface area (TPSA) is 210 Å². The van der Waals surface area contributed by atoms with Crippen LogP contribution in [0.1, 0.15) is 112 Å². The first-order valence-electron chi connectivity index (χ1n) is 24.2. The fourth-order valence-electron chi connectivity index (χ4n) is 7.56. The van der Waals surface area contributed by atoms with Crippen LogP contribution in [0.25, 0.3) is 0 Å². The predicted molar refractivity (Wildman–Crippen MR) is 277 cm³/mol. The molecule has 2 amide bonds. The summed E-state index contributed by atoms with van der Waals surface area (Å²) in [7, 11) is -2.88. The van der Waals surface area contributed by atoms with Gasteiger partial charge in [0, 0.05) is 63.5 Å². The van der Waals surface area contributed by atoms with Crippen molar-refractivity contribution in [2.45, 2.75) is 102 Å². The second-order valence-corrected chi connectivity index (χ2v) is 20.8. The van der Waals surface area contributed by atoms with Crippen LogP contribution >= 0.6 is 0 Å². The number of carbonyl (C=O) groups excluding carboxylic acids is 2. The third-order valence-electron chi connectivity index (χ3n) is 11.4. The third kappa shape index (κ3) is 17.9. The first-order valence-corrected chi connectivity index (χ1v) is 27.3. The highest BCUT2D eigenvalue weighted by atomic mass is 32.2. The van der Waals surface area contributed by atoms with Gasteiger partial charge in [-0.05, 0) is 114 Å². The van der Waals surface area contributed by atoms with E-state index in [9.17, 15) is 26.4 Å². The first kappa shape index (κ1) is 56.3. The molecule has 0 aliphatic heterocycles. The van der Waals surface area contributed by atoms with Crippen molar-refractivity contribution in [3.05, 3.63) is 95.6 Å². The van der Waals surface area contributed by atoms with Crippen LogP contribution in [0, 0.1) is 0 Å². The number of nitrogens with one attached hydrogen (secondary N) is 2. The Bertz CT molecular complexity index is 2460. The number of benzene rings is 4. The Labute approximate surface area is 411 Å². The molecule has 69 heavy (non-hydrogen) atoms. The highest BCUT2D eigenvalue weighted by Crippen LogP contribution is 2.41. The number of rotatable bonds is 31. The summed E-state index contributed by atoms with van der Waals surface area (Å²) in [5, 5.41) is 17.5. The van der Waals surface area contributed by atoms with Crippen LogP contribution in [0.15, 0.2) is 88.7 Å². The van der Waals surface area contributed by atoms with E-state index in [4.69, 9.17) is 19.8 Å². The molecule has 0 aliphatic rings. The van der Waals surface area contributed by atoms with E-state index in [1.165, 1.54) is 12.1 Å². The number of primary sulfonamides is 2. The molecule has 0 fully saturated rings. The van der Waals surface area contributed by atoms with Gasteiger partial charge in [-0.2, -0.15) is 0 Å². The number of unbranched alkanes of at least 4 members (excludes halogenated alkanes) is 4. The molecule has 0 saturated carbocycles. The van der Waals surface area contributed by atoms with Crippen molar-refractivity contribution in [2.75, 3.05) is 83.3 Å². The fraction of sp³-hybridized carbons (Fsp3) is 0.490. The molecular formula is C51H76N8O8S2. The number of nitrogens with zero attached hydrogens (tertiary/aromatic N) is 4. The second-order valence-electron chi connectivity index (χ2n) is 17.7. The number of sulfonamides is 2. The minimum atomic E-state index is -4.34. The molecule has 0 heterocycles. The smallest absolute Gasteiger partial charge is 0.251 e. The molecule has 0 spiro atoms. The molecule has 0 aliphatic carbocycles. The van der Waals surface area contributed by atoms with Gasteiger partial charge < -0.3 is 39.7 Å². The van der Waals surface area contributed by atoms with Gasteiger partial charge >= 0.3 is 0 Å². The minimum absolute atomic E-state index is 0.0698. The van der Waals surface area contributed by atoms with Crippen molar-refractivity contribution in [1.29, 1.82) is 0 Å². The number of likely N-dealkylation sites (N-methyl/N-ethyl adjacent to an activating group) is 1. The zero-order chi connectivity index (χ0) is 50.6. The maximum absolute atomic E-state index is 13.7. The molecule has 4 aromatic carbocycles. The first-order chi connectivity index (χ1) is 32.9. The normalized spacial score (nSPS) is 11.8. The maximum atomic E-state index is 13.7. The van der Waals surface area contributed by atoms with E-state index in [2.05, 4.69) is 53.0 Å². The van der Waals surface area contributed by atoms with E-state index in [-0.39, 0.29) is 32.4 Å². The zero-order valence-electron chi connectivity index (χ0n) is 41.8. The summed E-state index contributed by atoms with van der Waals surface area (Å²) < 4.78 is 65.3. The van der Waals surface area contributed by atoms with E-state index >= 15 is 0 Å². The van der Waals surface area contributed by atoms with Gasteiger partial charge in [-0.3, -0.25) is 9.59 Å². The Hall–Kier alpha value is -5.24. The summed E-state index contributed by atoms with van der Waals surface area (Å²) in [5.41, 5.74) is 2.29. The highest BCUT2D eigenvalue weighted by molar-refractivity contribution is 7.89. The van der Waals surface area contributed by atoms with Gasteiger partial charge in [0.2, 0.25) is 20.0 Å². The van der Waals surface area contributed by atoms with Crippen molar-refractivity contribution in [1.82, 2.24) is 20.4 Å². The van der Waals surface area contributed by atoms with Gasteiger partial charge in [0.1, 0.15) is 21.3 Å². The average Bonchev–Trinajstić information content (AvgIpc) is 3.30. The second kappa shape index (κ2) is 27.8. The SMILES string of the molecule is CCCCN(CCCC)c1cc(C(=O)NCCCN(C)Cc2ccc(Oc3c(N(CCCC)CCCC)cc(C(=O)NCCN(C)C)cc3S(N)(=O)=O)cc2)cc(S(N)(=O)=O)c1Oc1ccccc1. The quantitative estimate of drug-likeness (QED) is 0.0355. The standard InChI is InChI=1S/C51H76N8O8S2/c1-8-12-29-58(30-13-9-2)44-34-40(36-46(68(52,62)63)48(44)66-42-20-17-16-18-21-42)50(60)54-26-19-28-57(7)38-39-22-24-43(25-23-39)67-49-45(59(31-14-10-3)32-15-11-4)35-41(37-47(49)69(53,64)65)51(61)55-27-33-56(5)6/h16-18,20-25,34-37H,8-15,19,26-33,38H2,1-7H3,(H,54,60)(H,55,61)(H2,52,62,63)(H2,53,64,65). The highest BCUT2D eigenvalue weighted by Gasteiger charge is 2.28. The molecule has 16 nitrogen and oxygen atoms in total. The molecule has 18 heteroatoms. The molecule has 4 rings (SSSR count). The number of ether oxygens (including phenoxy) is 2. The number of hydrogen-bond acceptors (Lipinski definition) is 12. The van der Waals surface area contributed by atoms with E-state index in [1.54, 1.807) is 48.5 Å². The van der Waals surface area contributed by atoms with Crippen LogP contribution in [0.3, 0.4) is 0 Å². The van der Waals surface area contributed by atoms with Gasteiger partial charge in [0.05, 0.1) is 11.4 Å². The van der Waals surface area contributed by atoms with Gasteiger partial charge in [0.25, 0.3) is 11.8 Å². The van der Waals surface area contributed by atoms with Crippen molar-refractivity contribution >= 4 is 43.2 Å². The van der Waals surface area contributed by atoms with Crippen LogP contribution in [-0.2, 0) is 26.6 Å². The molecule has 0 saturated heterocycles. The number of anilines is 2. The van der Waals surface area contributed by atoms with Crippen molar-refractivity contribution in [3.63, 3.8) is 0 Å². The average molecular weight is 993 g/mol. The summed E-state index contributed by atoms with van der Waals surface area (Å²) in [5.74, 6) is 0.171. The van der Waals surface area contributed by atoms with Crippen molar-refractivity contribution < 1.29 is 35.9 Å². The van der Waals surface area contributed by atoms with Crippen molar-refractivity contribution in [3.8, 4) is 23.0 Å². The third-order valence-corrected chi connectivity index (χ3v) is 13.3. The lowest BCUT2D eigenvalue weighted by molar-refractivity contribution is 0.0943. The van der Waals surface area contributed by atoms with Gasteiger partial charge in [-0.25, -0.2) is 27.1 Å². The van der Waals surface area contributed by atoms with E-state index in [0.717, 1.165) is 56.9 Å². The van der Waals surface area contributed by atoms with Crippen LogP contribution in [0.5, 0.6) is 23.0 Å². The predicted octanol–water partition coefficient (Wildman–Crippen LogP) is 7.92. The Kier molecular flexibility index (Phi) is 22.7. The van der Waals surface area contributed by atoms with Gasteiger partial charge in [-0.15, -0.1) is 0 Å². The Morgan fingerprint density at radius 2 is 0.957 bits per heavy atom. The summed E-state index contributed by atoms with van der Waals surface area (Å²) >= 11 is 0. The van der Waals surface area contributed by atoms with Crippen LogP contribution in [0.4, 0.5) is 11.4 Å². The van der Waals surface area contributed by atoms with Gasteiger partial charge in [-0.1, -0.05) is 83.7 Å². The molecule has 380 valence electrons. The molecule has 0 bridgehead atoms. The number of amides is 2. The van der Waals surface area contributed by atoms with Crippen LogP contribution in [0.2, 0.25) is 0 Å². The summed E-state index contributed by atoms with van der Waals surface area (Å²) in [6, 6.07) is 22.2. The van der Waals surface area contributed by atoms with Crippen LogP contribution < -0.4 is 40.2 Å². The number of nitrogens with two attached hydrogens (primary N) is 2. The van der Waals surface area contributed by atoms with E-state index in [1.807, 2.05) is 44.2 Å². The molecular weight excluding hydrogens is 917 g/mol. The van der Waals surface area contributed by atoms with Crippen molar-refractivity contribution in [2.24, 2.45) is 10.3 Å². The summed E-state index contributed by atoms with van der Waals surface area (Å²) in [6.07, 6.45) is 7.69. The zero-order valence-corrected chi connectivity index (χ0v) is 43.4. The van der Waals surface area contributed by atoms with E-state index in [0.29, 0.717) is 88.2 Å². The lowest BCUT2D eigenvalue weighted by Gasteiger charge is -2.28.